The molecular formula is C54H34N2O. The van der Waals surface area contributed by atoms with E-state index in [9.17, 15) is 0 Å². The minimum Gasteiger partial charge on any atom is -0.456 e. The molecule has 0 bridgehead atoms. The average Bonchev–Trinajstić information content (AvgIpc) is 3.82. The fourth-order valence-electron chi connectivity index (χ4n) is 9.10. The maximum atomic E-state index is 6.43. The molecule has 266 valence electrons. The molecule has 0 saturated carbocycles. The molecule has 2 aromatic heterocycles. The van der Waals surface area contributed by atoms with Crippen molar-refractivity contribution in [3.63, 3.8) is 0 Å². The minimum atomic E-state index is 0.868. The molecule has 0 spiro atoms. The van der Waals surface area contributed by atoms with Crippen LogP contribution in [0.3, 0.4) is 0 Å². The third kappa shape index (κ3) is 4.99. The standard InChI is InChI=1S/C54H34N2O/c1-3-13-38-31-40(24-23-35(38)11-1)45-20-9-15-37-26-30-50-54(53(37)45)48-19-5-7-21-49(48)56(50)42-17-10-16-41(33-42)55(43-27-25-36-12-2-4-14-39(36)32-43)44-28-29-47-46-18-6-8-22-51(46)57-52(47)34-44/h1-34H. The number of para-hydroxylation sites is 2. The Kier molecular flexibility index (Phi) is 6.93. The SMILES string of the molecule is c1cc(N(c2ccc3ccccc3c2)c2ccc3c(c2)oc2ccccc23)cc(-n2c3ccccc3c3c4c(-c5ccc6ccccc6c5)cccc4ccc32)c1. The first kappa shape index (κ1) is 31.7. The third-order valence-electron chi connectivity index (χ3n) is 11.7. The molecule has 3 nitrogen and oxygen atoms in total. The van der Waals surface area contributed by atoms with Crippen LogP contribution >= 0.6 is 0 Å². The van der Waals surface area contributed by atoms with Crippen LogP contribution in [0.2, 0.25) is 0 Å². The van der Waals surface area contributed by atoms with Crippen molar-refractivity contribution < 1.29 is 4.42 Å². The predicted molar refractivity (Wildman–Crippen MR) is 241 cm³/mol. The van der Waals surface area contributed by atoms with Crippen LogP contribution < -0.4 is 4.90 Å². The molecule has 0 aliphatic rings. The fraction of sp³-hybridized carbons (Fsp3) is 0. The molecule has 3 heteroatoms. The number of fused-ring (bicyclic) bond motifs is 10. The van der Waals surface area contributed by atoms with Gasteiger partial charge in [-0.1, -0.05) is 133 Å². The van der Waals surface area contributed by atoms with Gasteiger partial charge < -0.3 is 13.9 Å². The van der Waals surface area contributed by atoms with Crippen LogP contribution in [0, 0.1) is 0 Å². The highest BCUT2D eigenvalue weighted by Crippen LogP contribution is 2.44. The van der Waals surface area contributed by atoms with Gasteiger partial charge in [-0.05, 0) is 110 Å². The summed E-state index contributed by atoms with van der Waals surface area (Å²) in [5, 5.41) is 12.1. The summed E-state index contributed by atoms with van der Waals surface area (Å²) in [5.74, 6) is 0. The van der Waals surface area contributed by atoms with Crippen molar-refractivity contribution in [2.75, 3.05) is 4.90 Å². The first-order valence-corrected chi connectivity index (χ1v) is 19.5. The maximum Gasteiger partial charge on any atom is 0.137 e. The maximum absolute atomic E-state index is 6.43. The van der Waals surface area contributed by atoms with E-state index in [0.29, 0.717) is 0 Å². The lowest BCUT2D eigenvalue weighted by Crippen LogP contribution is -2.10. The average molecular weight is 727 g/mol. The number of furan rings is 1. The number of anilines is 3. The molecule has 12 aromatic rings. The molecule has 2 heterocycles. The third-order valence-corrected chi connectivity index (χ3v) is 11.7. The molecule has 0 fully saturated rings. The number of nitrogens with zero attached hydrogens (tertiary/aromatic N) is 2. The van der Waals surface area contributed by atoms with E-state index >= 15 is 0 Å². The van der Waals surface area contributed by atoms with E-state index in [1.807, 2.05) is 12.1 Å². The number of rotatable bonds is 5. The van der Waals surface area contributed by atoms with Crippen LogP contribution in [0.1, 0.15) is 0 Å². The van der Waals surface area contributed by atoms with Crippen molar-refractivity contribution in [3.8, 4) is 16.8 Å². The van der Waals surface area contributed by atoms with Crippen molar-refractivity contribution >= 4 is 93.1 Å². The zero-order chi connectivity index (χ0) is 37.5. The molecule has 57 heavy (non-hydrogen) atoms. The molecule has 12 rings (SSSR count). The topological polar surface area (TPSA) is 21.3 Å². The Labute approximate surface area is 328 Å². The monoisotopic (exact) mass is 726 g/mol. The summed E-state index contributed by atoms with van der Waals surface area (Å²) in [5.41, 5.74) is 10.8. The summed E-state index contributed by atoms with van der Waals surface area (Å²) in [6, 6.07) is 74.6. The smallest absolute Gasteiger partial charge is 0.137 e. The second-order valence-electron chi connectivity index (χ2n) is 14.9. The first-order chi connectivity index (χ1) is 28.2. The van der Waals surface area contributed by atoms with Gasteiger partial charge in [0, 0.05) is 50.4 Å². The van der Waals surface area contributed by atoms with Gasteiger partial charge in [0.25, 0.3) is 0 Å². The molecule has 10 aromatic carbocycles. The highest BCUT2D eigenvalue weighted by Gasteiger charge is 2.20. The highest BCUT2D eigenvalue weighted by molar-refractivity contribution is 6.25. The van der Waals surface area contributed by atoms with E-state index in [1.54, 1.807) is 0 Å². The highest BCUT2D eigenvalue weighted by atomic mass is 16.3. The summed E-state index contributed by atoms with van der Waals surface area (Å²) in [4.78, 5) is 2.35. The van der Waals surface area contributed by atoms with E-state index < -0.39 is 0 Å². The normalized spacial score (nSPS) is 11.9. The van der Waals surface area contributed by atoms with E-state index in [-0.39, 0.29) is 0 Å². The second kappa shape index (κ2) is 12.5. The van der Waals surface area contributed by atoms with Gasteiger partial charge >= 0.3 is 0 Å². The van der Waals surface area contributed by atoms with Gasteiger partial charge in [-0.15, -0.1) is 0 Å². The Bertz CT molecular complexity index is 3550. The number of hydrogen-bond donors (Lipinski definition) is 0. The van der Waals surface area contributed by atoms with Crippen LogP contribution in [0.25, 0.3) is 92.9 Å². The van der Waals surface area contributed by atoms with Crippen molar-refractivity contribution in [2.24, 2.45) is 0 Å². The quantitative estimate of drug-likeness (QED) is 0.176. The molecule has 0 aliphatic heterocycles. The minimum absolute atomic E-state index is 0.868. The first-order valence-electron chi connectivity index (χ1n) is 19.5. The fourth-order valence-corrected chi connectivity index (χ4v) is 9.10. The Morgan fingerprint density at radius 3 is 1.86 bits per heavy atom. The summed E-state index contributed by atoms with van der Waals surface area (Å²) >= 11 is 0. The van der Waals surface area contributed by atoms with Gasteiger partial charge in [0.05, 0.1) is 11.0 Å². The number of benzene rings is 10. The van der Waals surface area contributed by atoms with Crippen molar-refractivity contribution in [1.29, 1.82) is 0 Å². The molecular weight excluding hydrogens is 693 g/mol. The van der Waals surface area contributed by atoms with E-state index in [1.165, 1.54) is 65.3 Å². The van der Waals surface area contributed by atoms with Crippen LogP contribution in [-0.2, 0) is 0 Å². The molecule has 0 unspecified atom stereocenters. The van der Waals surface area contributed by atoms with E-state index in [2.05, 4.69) is 204 Å². The lowest BCUT2D eigenvalue weighted by atomic mass is 9.93. The van der Waals surface area contributed by atoms with Gasteiger partial charge in [-0.25, -0.2) is 0 Å². The summed E-state index contributed by atoms with van der Waals surface area (Å²) in [7, 11) is 0. The van der Waals surface area contributed by atoms with Crippen LogP contribution in [0.15, 0.2) is 211 Å². The summed E-state index contributed by atoms with van der Waals surface area (Å²) in [6.07, 6.45) is 0. The molecule has 0 atom stereocenters. The molecule has 0 radical (unpaired) electrons. The Hall–Kier alpha value is -7.62. The lowest BCUT2D eigenvalue weighted by molar-refractivity contribution is 0.669. The van der Waals surface area contributed by atoms with E-state index in [0.717, 1.165) is 44.7 Å². The zero-order valence-electron chi connectivity index (χ0n) is 30.9. The van der Waals surface area contributed by atoms with Crippen molar-refractivity contribution in [2.45, 2.75) is 0 Å². The molecule has 0 N–H and O–H groups in total. The largest absolute Gasteiger partial charge is 0.456 e. The van der Waals surface area contributed by atoms with Gasteiger partial charge in [0.2, 0.25) is 0 Å². The lowest BCUT2D eigenvalue weighted by Gasteiger charge is -2.26. The predicted octanol–water partition coefficient (Wildman–Crippen LogP) is 15.3. The molecule has 0 aliphatic carbocycles. The molecule has 0 amide bonds. The summed E-state index contributed by atoms with van der Waals surface area (Å²) < 4.78 is 8.87. The van der Waals surface area contributed by atoms with Gasteiger partial charge in [-0.2, -0.15) is 0 Å². The number of aromatic nitrogens is 1. The van der Waals surface area contributed by atoms with Gasteiger partial charge in [0.15, 0.2) is 0 Å². The van der Waals surface area contributed by atoms with Crippen molar-refractivity contribution in [1.82, 2.24) is 4.57 Å². The Morgan fingerprint density at radius 2 is 0.982 bits per heavy atom. The molecule has 0 saturated heterocycles. The van der Waals surface area contributed by atoms with Crippen LogP contribution in [-0.4, -0.2) is 4.57 Å². The van der Waals surface area contributed by atoms with Crippen LogP contribution in [0.4, 0.5) is 17.1 Å². The van der Waals surface area contributed by atoms with Crippen molar-refractivity contribution in [3.05, 3.63) is 206 Å². The van der Waals surface area contributed by atoms with Gasteiger partial charge in [0.1, 0.15) is 11.2 Å². The van der Waals surface area contributed by atoms with E-state index in [4.69, 9.17) is 4.42 Å². The second-order valence-corrected chi connectivity index (χ2v) is 14.9. The Balaban J connectivity index is 1.08. The zero-order valence-corrected chi connectivity index (χ0v) is 30.9. The summed E-state index contributed by atoms with van der Waals surface area (Å²) in [6.45, 7) is 0. The number of hydrogen-bond acceptors (Lipinski definition) is 2. The van der Waals surface area contributed by atoms with Gasteiger partial charge in [-0.3, -0.25) is 0 Å². The van der Waals surface area contributed by atoms with Crippen LogP contribution in [0.5, 0.6) is 0 Å². The Morgan fingerprint density at radius 1 is 0.351 bits per heavy atom.